The van der Waals surface area contributed by atoms with E-state index in [1.54, 1.807) is 0 Å². The van der Waals surface area contributed by atoms with Crippen molar-refractivity contribution in [1.82, 2.24) is 0 Å². The minimum atomic E-state index is 0.270. The van der Waals surface area contributed by atoms with Crippen LogP contribution in [0, 0.1) is 50.4 Å². The monoisotopic (exact) mass is 798 g/mol. The van der Waals surface area contributed by atoms with Crippen LogP contribution in [0.1, 0.15) is 33.4 Å². The average Bonchev–Trinajstić information content (AvgIpc) is 3.84. The number of nitriles is 2. The normalized spacial score (nSPS) is 11.5. The summed E-state index contributed by atoms with van der Waals surface area (Å²) in [6.45, 7) is 8.57. The molecule has 11 rings (SSSR count). The Morgan fingerprint density at radius 3 is 1.18 bits per heavy atom. The Balaban J connectivity index is 1.09. The molecule has 6 nitrogen and oxygen atoms in total. The Morgan fingerprint density at radius 2 is 0.790 bits per heavy atom. The summed E-state index contributed by atoms with van der Waals surface area (Å²) in [6, 6.07) is 59.5. The van der Waals surface area contributed by atoms with Gasteiger partial charge in [-0.3, -0.25) is 0 Å². The maximum atomic E-state index is 11.0. The third kappa shape index (κ3) is 5.62. The third-order valence-electron chi connectivity index (χ3n) is 12.3. The summed E-state index contributed by atoms with van der Waals surface area (Å²) < 4.78 is 13.2. The van der Waals surface area contributed by atoms with Crippen LogP contribution in [0.4, 0.5) is 34.1 Å². The highest BCUT2D eigenvalue weighted by molar-refractivity contribution is 6.24. The Bertz CT molecular complexity index is 3450. The molecule has 0 saturated carbocycles. The van der Waals surface area contributed by atoms with E-state index in [0.717, 1.165) is 66.4 Å². The van der Waals surface area contributed by atoms with Gasteiger partial charge in [0.05, 0.1) is 16.9 Å². The van der Waals surface area contributed by atoms with Gasteiger partial charge in [-0.1, -0.05) is 84.9 Å². The molecule has 0 saturated heterocycles. The van der Waals surface area contributed by atoms with Gasteiger partial charge in [-0.05, 0) is 144 Å². The van der Waals surface area contributed by atoms with E-state index in [1.165, 1.54) is 22.3 Å². The maximum Gasteiger partial charge on any atom is 0.158 e. The number of fused-ring (bicyclic) bond motifs is 8. The molecule has 0 spiro atoms. The van der Waals surface area contributed by atoms with Crippen molar-refractivity contribution >= 4 is 99.5 Å². The minimum absolute atomic E-state index is 0.270. The molecule has 0 fully saturated rings. The molecule has 2 aromatic heterocycles. The number of anilines is 6. The summed E-state index contributed by atoms with van der Waals surface area (Å²) in [6.07, 6.45) is 0. The molecule has 0 radical (unpaired) electrons. The molecule has 2 heterocycles. The lowest BCUT2D eigenvalue weighted by atomic mass is 9.96. The zero-order valence-corrected chi connectivity index (χ0v) is 34.6. The van der Waals surface area contributed by atoms with Crippen LogP contribution in [0.15, 0.2) is 167 Å². The van der Waals surface area contributed by atoms with Crippen LogP contribution >= 0.6 is 0 Å². The largest absolute Gasteiger partial charge is 0.454 e. The molecule has 0 aliphatic carbocycles. The van der Waals surface area contributed by atoms with Crippen LogP contribution in [0.3, 0.4) is 0 Å². The van der Waals surface area contributed by atoms with Crippen molar-refractivity contribution in [2.45, 2.75) is 27.7 Å². The van der Waals surface area contributed by atoms with Crippen LogP contribution in [0.2, 0.25) is 0 Å². The molecule has 11 aromatic rings. The van der Waals surface area contributed by atoms with Gasteiger partial charge in [-0.15, -0.1) is 0 Å². The van der Waals surface area contributed by atoms with E-state index in [0.29, 0.717) is 38.7 Å². The van der Waals surface area contributed by atoms with Crippen LogP contribution in [-0.2, 0) is 0 Å². The van der Waals surface area contributed by atoms with Crippen molar-refractivity contribution in [3.63, 3.8) is 0 Å². The molecule has 9 aromatic carbocycles. The van der Waals surface area contributed by atoms with Crippen molar-refractivity contribution in [1.29, 1.82) is 10.5 Å². The fourth-order valence-electron chi connectivity index (χ4n) is 9.51. The van der Waals surface area contributed by atoms with Gasteiger partial charge in [0.15, 0.2) is 11.2 Å². The second-order valence-corrected chi connectivity index (χ2v) is 16.2. The number of benzene rings is 9. The maximum absolute atomic E-state index is 11.0. The van der Waals surface area contributed by atoms with Crippen LogP contribution in [-0.4, -0.2) is 0 Å². The van der Waals surface area contributed by atoms with Gasteiger partial charge in [0.1, 0.15) is 28.9 Å². The lowest BCUT2D eigenvalue weighted by Crippen LogP contribution is -2.12. The van der Waals surface area contributed by atoms with Crippen LogP contribution in [0.5, 0.6) is 0 Å². The Labute approximate surface area is 358 Å². The van der Waals surface area contributed by atoms with Crippen molar-refractivity contribution < 1.29 is 8.83 Å². The number of para-hydroxylation sites is 4. The van der Waals surface area contributed by atoms with E-state index < -0.39 is 0 Å². The Kier molecular flexibility index (Phi) is 8.39. The van der Waals surface area contributed by atoms with Gasteiger partial charge < -0.3 is 18.6 Å². The highest BCUT2D eigenvalue weighted by atomic mass is 16.3. The quantitative estimate of drug-likeness (QED) is 0.167. The molecule has 0 bridgehead atoms. The summed E-state index contributed by atoms with van der Waals surface area (Å²) >= 11 is 0. The van der Waals surface area contributed by atoms with Crippen LogP contribution < -0.4 is 9.80 Å². The van der Waals surface area contributed by atoms with Gasteiger partial charge in [0.25, 0.3) is 0 Å². The summed E-state index contributed by atoms with van der Waals surface area (Å²) in [5.74, 6) is 0. The number of hydrogen-bond donors (Lipinski definition) is 0. The molecule has 6 heteroatoms. The van der Waals surface area contributed by atoms with Crippen molar-refractivity contribution in [2.75, 3.05) is 9.80 Å². The third-order valence-corrected chi connectivity index (χ3v) is 12.3. The lowest BCUT2D eigenvalue weighted by molar-refractivity contribution is 0.654. The van der Waals surface area contributed by atoms with Crippen molar-refractivity contribution in [2.24, 2.45) is 0 Å². The van der Waals surface area contributed by atoms with Crippen molar-refractivity contribution in [3.8, 4) is 12.1 Å². The van der Waals surface area contributed by atoms with Gasteiger partial charge in [-0.2, -0.15) is 10.5 Å². The summed E-state index contributed by atoms with van der Waals surface area (Å²) in [5, 5.41) is 28.5. The lowest BCUT2D eigenvalue weighted by Gasteiger charge is -2.29. The summed E-state index contributed by atoms with van der Waals surface area (Å²) in [5.41, 5.74) is 13.7. The molecule has 62 heavy (non-hydrogen) atoms. The average molecular weight is 799 g/mol. The first-order valence-electron chi connectivity index (χ1n) is 20.7. The fraction of sp³-hybridized carbons (Fsp3) is 0.0714. The second-order valence-electron chi connectivity index (χ2n) is 16.2. The number of hydrogen-bond acceptors (Lipinski definition) is 6. The van der Waals surface area contributed by atoms with E-state index in [4.69, 9.17) is 8.83 Å². The van der Waals surface area contributed by atoms with E-state index in [1.807, 2.05) is 24.3 Å². The molecular weight excluding hydrogens is 761 g/mol. The topological polar surface area (TPSA) is 80.3 Å². The van der Waals surface area contributed by atoms with E-state index in [9.17, 15) is 10.5 Å². The van der Waals surface area contributed by atoms with E-state index >= 15 is 0 Å². The predicted octanol–water partition coefficient (Wildman–Crippen LogP) is 15.7. The molecule has 0 N–H and O–H groups in total. The number of rotatable bonds is 6. The van der Waals surface area contributed by atoms with Gasteiger partial charge in [0.2, 0.25) is 0 Å². The predicted molar refractivity (Wildman–Crippen MR) is 254 cm³/mol. The molecule has 0 aliphatic rings. The number of nitrogens with zero attached hydrogens (tertiary/aromatic N) is 4. The Morgan fingerprint density at radius 1 is 0.387 bits per heavy atom. The first-order chi connectivity index (χ1) is 30.3. The number of aryl methyl sites for hydroxylation is 4. The van der Waals surface area contributed by atoms with Gasteiger partial charge in [-0.25, -0.2) is 0 Å². The summed E-state index contributed by atoms with van der Waals surface area (Å²) in [4.78, 5) is 4.59. The highest BCUT2D eigenvalue weighted by Gasteiger charge is 2.26. The van der Waals surface area contributed by atoms with Gasteiger partial charge >= 0.3 is 0 Å². The SMILES string of the molecule is Cc1cccc(C)c1N(c1ccccc1)c1ccc2cc3c(cc2c1)oc1c(C#N)c2oc4cc5cc(N(c6ccccc6)c6c(C)cccc6C)ccc5cc4c2c(C#N)c13. The molecule has 294 valence electrons. The molecular formula is C56H38N4O2. The van der Waals surface area contributed by atoms with E-state index in [-0.39, 0.29) is 5.56 Å². The highest BCUT2D eigenvalue weighted by Crippen LogP contribution is 2.47. The number of furan rings is 2. The van der Waals surface area contributed by atoms with Crippen molar-refractivity contribution in [3.05, 3.63) is 191 Å². The molecule has 0 unspecified atom stereocenters. The smallest absolute Gasteiger partial charge is 0.158 e. The minimum Gasteiger partial charge on any atom is -0.454 e. The van der Waals surface area contributed by atoms with E-state index in [2.05, 4.69) is 183 Å². The zero-order valence-electron chi connectivity index (χ0n) is 34.6. The first-order valence-corrected chi connectivity index (χ1v) is 20.7. The molecule has 0 atom stereocenters. The Hall–Kier alpha value is -8.32. The fourth-order valence-corrected chi connectivity index (χ4v) is 9.51. The zero-order chi connectivity index (χ0) is 42.2. The summed E-state index contributed by atoms with van der Waals surface area (Å²) in [7, 11) is 0. The molecule has 0 aliphatic heterocycles. The van der Waals surface area contributed by atoms with Crippen LogP contribution in [0.25, 0.3) is 65.4 Å². The second kappa shape index (κ2) is 14.2. The first kappa shape index (κ1) is 36.7. The van der Waals surface area contributed by atoms with Gasteiger partial charge in [0, 0.05) is 44.3 Å². The standard InChI is InChI=1S/C56H38N4O2/c1-33-13-11-14-34(2)53(33)59(41-17-7-5-8-18-41)43-23-21-37-27-45-49(29-39(37)25-43)61-55-48(32-58)56-52(47(31-57)51(45)55)46-28-38-22-24-44(26-40(38)30-50(46)62-56)60(42-19-9-6-10-20-42)54-35(3)15-12-16-36(54)4/h5-30H,1-4H3. The molecule has 0 amide bonds.